The predicted octanol–water partition coefficient (Wildman–Crippen LogP) is 2.26. The van der Waals surface area contributed by atoms with Crippen LogP contribution < -0.4 is 0 Å². The molecule has 0 rings (SSSR count). The van der Waals surface area contributed by atoms with Crippen molar-refractivity contribution in [1.82, 2.24) is 0 Å². The summed E-state index contributed by atoms with van der Waals surface area (Å²) in [7, 11) is 0. The van der Waals surface area contributed by atoms with Crippen LogP contribution in [0.4, 0.5) is 0 Å². The van der Waals surface area contributed by atoms with Gasteiger partial charge in [0.2, 0.25) is 0 Å². The Labute approximate surface area is 71.0 Å². The van der Waals surface area contributed by atoms with Gasteiger partial charge in [-0.3, -0.25) is 0 Å². The zero-order chi connectivity index (χ0) is 2.71. The number of rotatable bonds is 0. The fourth-order valence-electron chi connectivity index (χ4n) is 0. The average molecular weight is 208 g/mol. The maximum Gasteiger partial charge on any atom is 0 e. The standard InChI is InChI=1S/C3H8.2ClH.Zr/c1-3-2;;;/h3H2,1-2H3;2*1H;. The van der Waals surface area contributed by atoms with Gasteiger partial charge in [0, 0.05) is 26.2 Å². The molecule has 0 nitrogen and oxygen atoms in total. The van der Waals surface area contributed by atoms with E-state index in [4.69, 9.17) is 0 Å². The number of hydrogen-bond donors (Lipinski definition) is 0. The van der Waals surface area contributed by atoms with Crippen molar-refractivity contribution in [2.45, 2.75) is 20.3 Å². The van der Waals surface area contributed by atoms with Crippen LogP contribution in [0.5, 0.6) is 0 Å². The minimum absolute atomic E-state index is 0. The first-order chi connectivity index (χ1) is 1.41. The molecule has 6 heavy (non-hydrogen) atoms. The fourth-order valence-corrected chi connectivity index (χ4v) is 0. The van der Waals surface area contributed by atoms with Crippen LogP contribution >= 0.6 is 24.8 Å². The topological polar surface area (TPSA) is 0 Å². The second kappa shape index (κ2) is 31.8. The maximum absolute atomic E-state index is 2.12. The zero-order valence-corrected chi connectivity index (χ0v) is 8.11. The summed E-state index contributed by atoms with van der Waals surface area (Å²) in [6.45, 7) is 4.25. The normalized spacial score (nSPS) is 3.00. The van der Waals surface area contributed by atoms with E-state index >= 15 is 0 Å². The van der Waals surface area contributed by atoms with E-state index in [1.165, 1.54) is 6.42 Å². The molecule has 0 atom stereocenters. The van der Waals surface area contributed by atoms with Gasteiger partial charge in [0.1, 0.15) is 0 Å². The van der Waals surface area contributed by atoms with Gasteiger partial charge in [0.25, 0.3) is 0 Å². The Morgan fingerprint density at radius 1 is 1.00 bits per heavy atom. The minimum Gasteiger partial charge on any atom is -0.147 e. The van der Waals surface area contributed by atoms with E-state index in [1.807, 2.05) is 0 Å². The molecule has 0 amide bonds. The quantitative estimate of drug-likeness (QED) is 0.573. The van der Waals surface area contributed by atoms with Crippen LogP contribution in [0.15, 0.2) is 0 Å². The Kier molecular flexibility index (Phi) is 138. The molecule has 0 aliphatic heterocycles. The third kappa shape index (κ3) is 50.8. The van der Waals surface area contributed by atoms with Crippen LogP contribution in [0.3, 0.4) is 0 Å². The van der Waals surface area contributed by atoms with E-state index < -0.39 is 0 Å². The number of hydrogen-bond acceptors (Lipinski definition) is 0. The van der Waals surface area contributed by atoms with Crippen LogP contribution in [0.1, 0.15) is 20.3 Å². The molecule has 0 unspecified atom stereocenters. The Morgan fingerprint density at radius 3 is 1.00 bits per heavy atom. The largest absolute Gasteiger partial charge is 0.147 e. The second-order valence-corrected chi connectivity index (χ2v) is 0.707. The average Bonchev–Trinajstić information content (AvgIpc) is 0.918. The first-order valence-corrected chi connectivity index (χ1v) is 1.41. The second-order valence-electron chi connectivity index (χ2n) is 0.707. The van der Waals surface area contributed by atoms with Crippen LogP contribution in [0, 0.1) is 0 Å². The molecule has 0 bridgehead atoms. The monoisotopic (exact) mass is 206 g/mol. The van der Waals surface area contributed by atoms with E-state index in [0.29, 0.717) is 0 Å². The minimum atomic E-state index is 0. The van der Waals surface area contributed by atoms with E-state index in [2.05, 4.69) is 13.8 Å². The van der Waals surface area contributed by atoms with Gasteiger partial charge in [0.05, 0.1) is 0 Å². The van der Waals surface area contributed by atoms with Crippen molar-refractivity contribution in [2.24, 2.45) is 0 Å². The fraction of sp³-hybridized carbons (Fsp3) is 1.00. The van der Waals surface area contributed by atoms with Gasteiger partial charge in [-0.05, 0) is 0 Å². The molecule has 3 heteroatoms. The molecule has 0 heterocycles. The third-order valence-electron chi connectivity index (χ3n) is 0. The van der Waals surface area contributed by atoms with Crippen molar-refractivity contribution in [3.05, 3.63) is 0 Å². The molecule has 0 N–H and O–H groups in total. The molecule has 0 aromatic rings. The van der Waals surface area contributed by atoms with E-state index in [-0.39, 0.29) is 51.0 Å². The van der Waals surface area contributed by atoms with Gasteiger partial charge < -0.3 is 0 Å². The van der Waals surface area contributed by atoms with Gasteiger partial charge in [-0.15, -0.1) is 24.8 Å². The molecule has 0 aliphatic carbocycles. The molecule has 0 aromatic carbocycles. The summed E-state index contributed by atoms with van der Waals surface area (Å²) in [5.41, 5.74) is 0. The van der Waals surface area contributed by atoms with E-state index in [0.717, 1.165) is 0 Å². The van der Waals surface area contributed by atoms with E-state index in [1.54, 1.807) is 0 Å². The molecule has 0 spiro atoms. The first kappa shape index (κ1) is 26.0. The summed E-state index contributed by atoms with van der Waals surface area (Å²) < 4.78 is 0. The van der Waals surface area contributed by atoms with Crippen molar-refractivity contribution in [1.29, 1.82) is 0 Å². The molecular weight excluding hydrogens is 198 g/mol. The van der Waals surface area contributed by atoms with Crippen LogP contribution in [-0.4, -0.2) is 0 Å². The molecule has 0 radical (unpaired) electrons. The summed E-state index contributed by atoms with van der Waals surface area (Å²) in [4.78, 5) is 0. The van der Waals surface area contributed by atoms with Crippen LogP contribution in [-0.2, 0) is 26.2 Å². The summed E-state index contributed by atoms with van der Waals surface area (Å²) >= 11 is 0. The number of halogens is 2. The Hall–Kier alpha value is 1.46. The van der Waals surface area contributed by atoms with Crippen molar-refractivity contribution in [2.75, 3.05) is 0 Å². The van der Waals surface area contributed by atoms with Crippen LogP contribution in [0.25, 0.3) is 0 Å². The molecule has 0 fully saturated rings. The Morgan fingerprint density at radius 2 is 1.00 bits per heavy atom. The predicted molar refractivity (Wildman–Crippen MR) is 30.5 cm³/mol. The Bertz CT molecular complexity index is 8.75. The molecule has 0 aromatic heterocycles. The summed E-state index contributed by atoms with van der Waals surface area (Å²) in [5.74, 6) is 0. The summed E-state index contributed by atoms with van der Waals surface area (Å²) in [6.07, 6.45) is 1.25. The molecule has 0 saturated heterocycles. The van der Waals surface area contributed by atoms with Gasteiger partial charge in [-0.2, -0.15) is 0 Å². The summed E-state index contributed by atoms with van der Waals surface area (Å²) in [5, 5.41) is 0. The van der Waals surface area contributed by atoms with Crippen molar-refractivity contribution in [3.63, 3.8) is 0 Å². The molecular formula is C3H10Cl2Zr. The van der Waals surface area contributed by atoms with Gasteiger partial charge in [-0.1, -0.05) is 20.3 Å². The first-order valence-electron chi connectivity index (χ1n) is 1.41. The molecule has 0 aliphatic rings. The zero-order valence-electron chi connectivity index (χ0n) is 4.02. The van der Waals surface area contributed by atoms with E-state index in [9.17, 15) is 0 Å². The van der Waals surface area contributed by atoms with Crippen LogP contribution in [0.2, 0.25) is 0 Å². The smallest absolute Gasteiger partial charge is 0 e. The summed E-state index contributed by atoms with van der Waals surface area (Å²) in [6, 6.07) is 0. The van der Waals surface area contributed by atoms with Gasteiger partial charge in [-0.25, -0.2) is 0 Å². The third-order valence-corrected chi connectivity index (χ3v) is 0. The van der Waals surface area contributed by atoms with Gasteiger partial charge >= 0.3 is 0 Å². The van der Waals surface area contributed by atoms with Gasteiger partial charge in [0.15, 0.2) is 0 Å². The Balaban J connectivity index is -0.00000000667. The molecule has 0 saturated carbocycles. The van der Waals surface area contributed by atoms with Crippen molar-refractivity contribution in [3.8, 4) is 0 Å². The van der Waals surface area contributed by atoms with Crippen molar-refractivity contribution >= 4 is 24.8 Å². The maximum atomic E-state index is 2.12. The SMILES string of the molecule is CCC.Cl.Cl.[Zr]. The van der Waals surface area contributed by atoms with Crippen molar-refractivity contribution < 1.29 is 26.2 Å². The molecule has 40 valence electrons.